The van der Waals surface area contributed by atoms with Crippen molar-refractivity contribution in [1.82, 2.24) is 4.90 Å². The fourth-order valence-electron chi connectivity index (χ4n) is 4.40. The lowest BCUT2D eigenvalue weighted by atomic mass is 9.94. The molecule has 32 heavy (non-hydrogen) atoms. The maximum Gasteiger partial charge on any atom is 0.261 e. The molecule has 0 radical (unpaired) electrons. The Morgan fingerprint density at radius 1 is 0.844 bits per heavy atom. The third-order valence-corrected chi connectivity index (χ3v) is 6.25. The molecule has 0 saturated heterocycles. The molecule has 158 valence electrons. The smallest absolute Gasteiger partial charge is 0.261 e. The summed E-state index contributed by atoms with van der Waals surface area (Å²) >= 11 is 6.29. The van der Waals surface area contributed by atoms with Crippen LogP contribution in [-0.2, 0) is 4.79 Å². The molecule has 0 bridgehead atoms. The summed E-state index contributed by atoms with van der Waals surface area (Å²) < 4.78 is 0. The van der Waals surface area contributed by atoms with E-state index < -0.39 is 0 Å². The first-order chi connectivity index (χ1) is 15.5. The van der Waals surface area contributed by atoms with E-state index in [1.807, 2.05) is 42.5 Å². The first-order valence-electron chi connectivity index (χ1n) is 10.3. The van der Waals surface area contributed by atoms with Gasteiger partial charge in [-0.25, -0.2) is 0 Å². The quantitative estimate of drug-likeness (QED) is 0.403. The lowest BCUT2D eigenvalue weighted by Gasteiger charge is -2.30. The number of anilines is 1. The number of imide groups is 1. The van der Waals surface area contributed by atoms with E-state index in [0.717, 1.165) is 16.5 Å². The zero-order chi connectivity index (χ0) is 22.4. The molecule has 0 saturated carbocycles. The molecule has 0 fully saturated rings. The number of halogens is 1. The van der Waals surface area contributed by atoms with Crippen LogP contribution in [0.15, 0.2) is 72.8 Å². The van der Waals surface area contributed by atoms with Gasteiger partial charge in [0.2, 0.25) is 5.91 Å². The molecule has 5 nitrogen and oxygen atoms in total. The van der Waals surface area contributed by atoms with Crippen molar-refractivity contribution in [3.63, 3.8) is 0 Å². The van der Waals surface area contributed by atoms with E-state index in [1.54, 1.807) is 35.2 Å². The average Bonchev–Trinajstić information content (AvgIpc) is 2.80. The number of carbonyl (C=O) groups excluding carboxylic acids is 3. The molecule has 0 unspecified atom stereocenters. The van der Waals surface area contributed by atoms with Gasteiger partial charge in [0.15, 0.2) is 0 Å². The molecule has 3 amide bonds. The summed E-state index contributed by atoms with van der Waals surface area (Å²) in [6, 6.07) is 22.2. The monoisotopic (exact) mass is 442 g/mol. The van der Waals surface area contributed by atoms with Gasteiger partial charge < -0.3 is 4.90 Å². The van der Waals surface area contributed by atoms with Crippen LogP contribution < -0.4 is 4.90 Å². The maximum absolute atomic E-state index is 13.2. The molecule has 4 aromatic carbocycles. The van der Waals surface area contributed by atoms with Crippen molar-refractivity contribution in [2.45, 2.75) is 6.92 Å². The summed E-state index contributed by atoms with van der Waals surface area (Å²) in [6.07, 6.45) is 0. The molecule has 0 N–H and O–H groups in total. The van der Waals surface area contributed by atoms with E-state index in [-0.39, 0.29) is 30.8 Å². The number of amides is 3. The highest BCUT2D eigenvalue weighted by atomic mass is 35.5. The highest BCUT2D eigenvalue weighted by Gasteiger charge is 2.33. The second kappa shape index (κ2) is 7.77. The third-order valence-electron chi connectivity index (χ3n) is 5.92. The Labute approximate surface area is 189 Å². The van der Waals surface area contributed by atoms with E-state index in [4.69, 9.17) is 11.6 Å². The summed E-state index contributed by atoms with van der Waals surface area (Å²) in [6.45, 7) is 1.76. The second-order valence-electron chi connectivity index (χ2n) is 7.75. The second-order valence-corrected chi connectivity index (χ2v) is 8.16. The predicted molar refractivity (Wildman–Crippen MR) is 126 cm³/mol. The summed E-state index contributed by atoms with van der Waals surface area (Å²) in [5.74, 6) is -0.916. The molecule has 1 heterocycles. The summed E-state index contributed by atoms with van der Waals surface area (Å²) in [7, 11) is 0. The zero-order valence-electron chi connectivity index (χ0n) is 17.3. The van der Waals surface area contributed by atoms with Crippen molar-refractivity contribution in [3.05, 3.63) is 88.9 Å². The number of nitrogens with zero attached hydrogens (tertiary/aromatic N) is 2. The first kappa shape index (κ1) is 20.2. The largest absolute Gasteiger partial charge is 0.310 e. The zero-order valence-corrected chi connectivity index (χ0v) is 18.1. The Balaban J connectivity index is 1.50. The SMILES string of the molecule is CC(=O)N(CCN1C(=O)c2cccc3c(Cl)ccc(c23)C1=O)c1cccc2ccccc12. The molecule has 5 rings (SSSR count). The van der Waals surface area contributed by atoms with Gasteiger partial charge in [0.1, 0.15) is 0 Å². The normalized spacial score (nSPS) is 13.1. The van der Waals surface area contributed by atoms with Crippen LogP contribution in [0, 0.1) is 0 Å². The standard InChI is InChI=1S/C26H19ClN2O3/c1-16(30)28(23-11-4-7-17-6-2-3-8-18(17)23)14-15-29-25(31)20-10-5-9-19-22(27)13-12-21(24(19)20)26(29)32/h2-13H,14-15H2,1H3. The van der Waals surface area contributed by atoms with Crippen LogP contribution in [0.4, 0.5) is 5.69 Å². The Bertz CT molecular complexity index is 1400. The Morgan fingerprint density at radius 2 is 1.50 bits per heavy atom. The van der Waals surface area contributed by atoms with Crippen molar-refractivity contribution in [3.8, 4) is 0 Å². The lowest BCUT2D eigenvalue weighted by molar-refractivity contribution is -0.116. The van der Waals surface area contributed by atoms with Gasteiger partial charge in [0.25, 0.3) is 11.8 Å². The van der Waals surface area contributed by atoms with Gasteiger partial charge in [0.05, 0.1) is 5.69 Å². The van der Waals surface area contributed by atoms with Crippen LogP contribution in [0.1, 0.15) is 27.6 Å². The number of hydrogen-bond acceptors (Lipinski definition) is 3. The minimum Gasteiger partial charge on any atom is -0.310 e. The van der Waals surface area contributed by atoms with Gasteiger partial charge in [-0.05, 0) is 29.7 Å². The van der Waals surface area contributed by atoms with Crippen LogP contribution in [-0.4, -0.2) is 35.7 Å². The number of fused-ring (bicyclic) bond motifs is 1. The van der Waals surface area contributed by atoms with Gasteiger partial charge >= 0.3 is 0 Å². The van der Waals surface area contributed by atoms with E-state index in [1.165, 1.54) is 11.8 Å². The Kier molecular flexibility index (Phi) is 4.91. The van der Waals surface area contributed by atoms with Gasteiger partial charge in [-0.2, -0.15) is 0 Å². The molecule has 0 spiro atoms. The average molecular weight is 443 g/mol. The molecule has 4 aromatic rings. The third kappa shape index (κ3) is 3.13. The van der Waals surface area contributed by atoms with Crippen molar-refractivity contribution in [2.24, 2.45) is 0 Å². The highest BCUT2D eigenvalue weighted by molar-refractivity contribution is 6.38. The Morgan fingerprint density at radius 3 is 2.28 bits per heavy atom. The molecule has 6 heteroatoms. The van der Waals surface area contributed by atoms with Gasteiger partial charge in [-0.15, -0.1) is 0 Å². The molecule has 1 aliphatic heterocycles. The topological polar surface area (TPSA) is 57.7 Å². The van der Waals surface area contributed by atoms with Crippen molar-refractivity contribution in [2.75, 3.05) is 18.0 Å². The fourth-order valence-corrected chi connectivity index (χ4v) is 4.63. The first-order valence-corrected chi connectivity index (χ1v) is 10.7. The highest BCUT2D eigenvalue weighted by Crippen LogP contribution is 2.34. The van der Waals surface area contributed by atoms with Crippen LogP contribution in [0.2, 0.25) is 5.02 Å². The number of benzene rings is 4. The predicted octanol–water partition coefficient (Wildman–Crippen LogP) is 5.30. The van der Waals surface area contributed by atoms with Crippen molar-refractivity contribution >= 4 is 56.6 Å². The van der Waals surface area contributed by atoms with Gasteiger partial charge in [0, 0.05) is 52.3 Å². The molecule has 0 aromatic heterocycles. The van der Waals surface area contributed by atoms with Crippen LogP contribution >= 0.6 is 11.6 Å². The summed E-state index contributed by atoms with van der Waals surface area (Å²) in [4.78, 5) is 41.8. The summed E-state index contributed by atoms with van der Waals surface area (Å²) in [5, 5.41) is 3.72. The van der Waals surface area contributed by atoms with Crippen LogP contribution in [0.25, 0.3) is 21.5 Å². The van der Waals surface area contributed by atoms with E-state index in [0.29, 0.717) is 26.9 Å². The van der Waals surface area contributed by atoms with Crippen molar-refractivity contribution < 1.29 is 14.4 Å². The lowest BCUT2D eigenvalue weighted by Crippen LogP contribution is -2.45. The minimum atomic E-state index is -0.378. The number of rotatable bonds is 4. The number of hydrogen-bond donors (Lipinski definition) is 0. The van der Waals surface area contributed by atoms with E-state index >= 15 is 0 Å². The van der Waals surface area contributed by atoms with Gasteiger partial charge in [-0.1, -0.05) is 60.1 Å². The molecular weight excluding hydrogens is 424 g/mol. The Hall–Kier alpha value is -3.70. The minimum absolute atomic E-state index is 0.0823. The summed E-state index contributed by atoms with van der Waals surface area (Å²) in [5.41, 5.74) is 1.64. The van der Waals surface area contributed by atoms with E-state index in [9.17, 15) is 14.4 Å². The van der Waals surface area contributed by atoms with Crippen LogP contribution in [0.3, 0.4) is 0 Å². The molecular formula is C26H19ClN2O3. The molecule has 0 atom stereocenters. The molecule has 1 aliphatic rings. The van der Waals surface area contributed by atoms with Crippen LogP contribution in [0.5, 0.6) is 0 Å². The maximum atomic E-state index is 13.2. The van der Waals surface area contributed by atoms with Gasteiger partial charge in [-0.3, -0.25) is 19.3 Å². The van der Waals surface area contributed by atoms with E-state index in [2.05, 4.69) is 0 Å². The van der Waals surface area contributed by atoms with Crippen molar-refractivity contribution in [1.29, 1.82) is 0 Å². The number of carbonyl (C=O) groups is 3. The fraction of sp³-hybridized carbons (Fsp3) is 0.115. The molecule has 0 aliphatic carbocycles.